The summed E-state index contributed by atoms with van der Waals surface area (Å²) in [6.45, 7) is 2.20. The van der Waals surface area contributed by atoms with E-state index in [2.05, 4.69) is 19.1 Å². The van der Waals surface area contributed by atoms with Gasteiger partial charge in [-0.15, -0.1) is 0 Å². The normalized spacial score (nSPS) is 30.8. The third-order valence-electron chi connectivity index (χ3n) is 8.52. The van der Waals surface area contributed by atoms with Crippen LogP contribution in [0.3, 0.4) is 0 Å². The number of carbonyl (C=O) groups is 1. The predicted octanol–water partition coefficient (Wildman–Crippen LogP) is 8.37. The zero-order valence-corrected chi connectivity index (χ0v) is 21.4. The van der Waals surface area contributed by atoms with Gasteiger partial charge in [-0.2, -0.15) is 8.78 Å². The molecular formula is C29H37F5O3. The Bertz CT molecular complexity index is 926. The average Bonchev–Trinajstić information content (AvgIpc) is 2.88. The molecule has 0 amide bonds. The zero-order valence-electron chi connectivity index (χ0n) is 21.4. The van der Waals surface area contributed by atoms with Crippen LogP contribution in [0.5, 0.6) is 5.75 Å². The molecule has 0 aliphatic heterocycles. The number of hydrogen-bond donors (Lipinski definition) is 0. The molecule has 0 radical (unpaired) electrons. The maximum absolute atomic E-state index is 15.0. The molecule has 1 aromatic rings. The number of rotatable bonds is 8. The van der Waals surface area contributed by atoms with Crippen LogP contribution in [0.15, 0.2) is 24.3 Å². The molecule has 2 atom stereocenters. The highest BCUT2D eigenvalue weighted by Gasteiger charge is 2.46. The highest BCUT2D eigenvalue weighted by atomic mass is 19.3. The van der Waals surface area contributed by atoms with Gasteiger partial charge in [0.15, 0.2) is 17.5 Å². The van der Waals surface area contributed by atoms with E-state index in [1.807, 2.05) is 0 Å². The summed E-state index contributed by atoms with van der Waals surface area (Å²) in [6.07, 6.45) is 9.11. The standard InChI is InChI=1S/C29H37F5O3/c1-2-3-18-4-6-19(7-5-18)20-8-12-22(13-9-20)29(33,34)37-23-14-10-21(11-15-23)28(35)36-24-16-25(30)27(32)26(31)17-24/h4,6,16-23H,2-3,5,7-15H2,1H3. The highest BCUT2D eigenvalue weighted by molar-refractivity contribution is 5.75. The smallest absolute Gasteiger partial charge is 0.358 e. The lowest BCUT2D eigenvalue weighted by molar-refractivity contribution is -0.302. The van der Waals surface area contributed by atoms with Gasteiger partial charge in [0.1, 0.15) is 5.75 Å². The van der Waals surface area contributed by atoms with Gasteiger partial charge in [-0.25, -0.2) is 13.2 Å². The van der Waals surface area contributed by atoms with E-state index < -0.39 is 53.2 Å². The molecule has 0 heterocycles. The Labute approximate surface area is 215 Å². The molecule has 1 aromatic carbocycles. The number of ether oxygens (including phenoxy) is 2. The van der Waals surface area contributed by atoms with Gasteiger partial charge in [0, 0.05) is 12.1 Å². The van der Waals surface area contributed by atoms with Crippen LogP contribution in [0, 0.1) is 47.0 Å². The number of alkyl halides is 2. The molecule has 2 unspecified atom stereocenters. The second kappa shape index (κ2) is 12.3. The Hall–Kier alpha value is -1.96. The maximum Gasteiger partial charge on any atom is 0.358 e. The summed E-state index contributed by atoms with van der Waals surface area (Å²) < 4.78 is 80.1. The molecule has 2 saturated carbocycles. The molecule has 3 aliphatic rings. The van der Waals surface area contributed by atoms with Crippen molar-refractivity contribution in [2.24, 2.45) is 29.6 Å². The van der Waals surface area contributed by atoms with E-state index in [1.54, 1.807) is 0 Å². The monoisotopic (exact) mass is 528 g/mol. The van der Waals surface area contributed by atoms with Crippen molar-refractivity contribution in [1.29, 1.82) is 0 Å². The van der Waals surface area contributed by atoms with E-state index in [4.69, 9.17) is 9.47 Å². The molecule has 0 aromatic heterocycles. The Morgan fingerprint density at radius 1 is 0.892 bits per heavy atom. The van der Waals surface area contributed by atoms with Crippen LogP contribution in [0.4, 0.5) is 22.0 Å². The number of halogens is 5. The van der Waals surface area contributed by atoms with Crippen LogP contribution in [0.2, 0.25) is 0 Å². The van der Waals surface area contributed by atoms with Gasteiger partial charge in [0.2, 0.25) is 0 Å². The van der Waals surface area contributed by atoms with E-state index in [1.165, 1.54) is 19.3 Å². The SMILES string of the molecule is CCCC1C=CC(C2CCC(C(F)(F)OC3CCC(C(=O)Oc4cc(F)c(F)c(F)c4)CC3)CC2)CC1. The van der Waals surface area contributed by atoms with Gasteiger partial charge in [-0.05, 0) is 88.4 Å². The molecule has 4 rings (SSSR count). The van der Waals surface area contributed by atoms with E-state index in [0.717, 1.165) is 19.3 Å². The van der Waals surface area contributed by atoms with Gasteiger partial charge < -0.3 is 9.47 Å². The molecule has 3 aliphatic carbocycles. The van der Waals surface area contributed by atoms with Crippen molar-refractivity contribution in [2.45, 2.75) is 96.2 Å². The fraction of sp³-hybridized carbons (Fsp3) is 0.690. The minimum Gasteiger partial charge on any atom is -0.426 e. The summed E-state index contributed by atoms with van der Waals surface area (Å²) in [6, 6.07) is 1.21. The third-order valence-corrected chi connectivity index (χ3v) is 8.52. The molecular weight excluding hydrogens is 491 g/mol. The molecule has 0 bridgehead atoms. The quantitative estimate of drug-likeness (QED) is 0.112. The molecule has 8 heteroatoms. The average molecular weight is 529 g/mol. The van der Waals surface area contributed by atoms with E-state index >= 15 is 8.78 Å². The number of esters is 1. The Morgan fingerprint density at radius 2 is 1.54 bits per heavy atom. The Kier molecular flexibility index (Phi) is 9.30. The van der Waals surface area contributed by atoms with Crippen LogP contribution in [-0.4, -0.2) is 18.2 Å². The molecule has 37 heavy (non-hydrogen) atoms. The fourth-order valence-corrected chi connectivity index (χ4v) is 6.31. The summed E-state index contributed by atoms with van der Waals surface area (Å²) >= 11 is 0. The van der Waals surface area contributed by atoms with Crippen molar-refractivity contribution < 1.29 is 36.2 Å². The molecule has 206 valence electrons. The molecule has 3 nitrogen and oxygen atoms in total. The number of carbonyl (C=O) groups excluding carboxylic acids is 1. The third kappa shape index (κ3) is 7.12. The first-order valence-corrected chi connectivity index (χ1v) is 13.8. The van der Waals surface area contributed by atoms with Crippen LogP contribution in [0.25, 0.3) is 0 Å². The first kappa shape index (κ1) is 28.1. The molecule has 2 fully saturated rings. The van der Waals surface area contributed by atoms with Crippen LogP contribution >= 0.6 is 0 Å². The van der Waals surface area contributed by atoms with E-state index in [0.29, 0.717) is 42.7 Å². The molecule has 0 N–H and O–H groups in total. The van der Waals surface area contributed by atoms with E-state index in [-0.39, 0.29) is 25.7 Å². The second-order valence-corrected chi connectivity index (χ2v) is 11.1. The predicted molar refractivity (Wildman–Crippen MR) is 129 cm³/mol. The number of benzene rings is 1. The van der Waals surface area contributed by atoms with Crippen molar-refractivity contribution in [3.8, 4) is 5.75 Å². The van der Waals surface area contributed by atoms with Crippen LogP contribution in [-0.2, 0) is 9.53 Å². The van der Waals surface area contributed by atoms with E-state index in [9.17, 15) is 18.0 Å². The lowest BCUT2D eigenvalue weighted by Crippen LogP contribution is -2.40. The van der Waals surface area contributed by atoms with Crippen LogP contribution < -0.4 is 4.74 Å². The van der Waals surface area contributed by atoms with Crippen molar-refractivity contribution >= 4 is 5.97 Å². The maximum atomic E-state index is 15.0. The highest BCUT2D eigenvalue weighted by Crippen LogP contribution is 2.45. The van der Waals surface area contributed by atoms with Crippen molar-refractivity contribution in [2.75, 3.05) is 0 Å². The lowest BCUT2D eigenvalue weighted by Gasteiger charge is -2.39. The fourth-order valence-electron chi connectivity index (χ4n) is 6.31. The summed E-state index contributed by atoms with van der Waals surface area (Å²) in [7, 11) is 0. The molecule has 0 spiro atoms. The largest absolute Gasteiger partial charge is 0.426 e. The van der Waals surface area contributed by atoms with Gasteiger partial charge in [0.25, 0.3) is 0 Å². The zero-order chi connectivity index (χ0) is 26.6. The van der Waals surface area contributed by atoms with Gasteiger partial charge in [0.05, 0.1) is 17.9 Å². The first-order chi connectivity index (χ1) is 17.7. The Balaban J connectivity index is 1.21. The van der Waals surface area contributed by atoms with Crippen molar-refractivity contribution in [3.05, 3.63) is 41.7 Å². The van der Waals surface area contributed by atoms with Gasteiger partial charge in [-0.1, -0.05) is 25.5 Å². The summed E-state index contributed by atoms with van der Waals surface area (Å²) in [5.41, 5.74) is 0. The van der Waals surface area contributed by atoms with Crippen molar-refractivity contribution in [3.63, 3.8) is 0 Å². The number of hydrogen-bond acceptors (Lipinski definition) is 3. The topological polar surface area (TPSA) is 35.5 Å². The Morgan fingerprint density at radius 3 is 2.11 bits per heavy atom. The first-order valence-electron chi connectivity index (χ1n) is 13.8. The van der Waals surface area contributed by atoms with Crippen LogP contribution in [0.1, 0.15) is 84.0 Å². The van der Waals surface area contributed by atoms with Gasteiger partial charge in [-0.3, -0.25) is 4.79 Å². The lowest BCUT2D eigenvalue weighted by atomic mass is 9.71. The summed E-state index contributed by atoms with van der Waals surface area (Å²) in [4.78, 5) is 12.4. The van der Waals surface area contributed by atoms with Crippen molar-refractivity contribution in [1.82, 2.24) is 0 Å². The minimum absolute atomic E-state index is 0.267. The summed E-state index contributed by atoms with van der Waals surface area (Å²) in [5, 5.41) is 0. The second-order valence-electron chi connectivity index (χ2n) is 11.1. The summed E-state index contributed by atoms with van der Waals surface area (Å²) in [5.74, 6) is -5.44. The minimum atomic E-state index is -3.21. The van der Waals surface area contributed by atoms with Gasteiger partial charge >= 0.3 is 12.1 Å². The number of allylic oxidation sites excluding steroid dienone is 2. The molecule has 0 saturated heterocycles.